The van der Waals surface area contributed by atoms with E-state index in [4.69, 9.17) is 4.74 Å². The fourth-order valence-electron chi connectivity index (χ4n) is 2.61. The fraction of sp³-hybridized carbons (Fsp3) is 0.150. The Morgan fingerprint density at radius 3 is 2.65 bits per heavy atom. The van der Waals surface area contributed by atoms with Gasteiger partial charge in [0.25, 0.3) is 0 Å². The largest absolute Gasteiger partial charge is 0.444 e. The summed E-state index contributed by atoms with van der Waals surface area (Å²) in [4.78, 5) is 12.2. The standard InChI is InChI=1S/C20H18N4O2/c1-2-16-10-6-7-11-18(16)24-19(17(12-21)13-22-24)23-20(25)26-14-15-8-4-3-5-9-15/h3-11,13H,2,14H2,1H3,(H,23,25). The third-order valence-corrected chi connectivity index (χ3v) is 3.92. The van der Waals surface area contributed by atoms with Crippen LogP contribution < -0.4 is 5.32 Å². The third-order valence-electron chi connectivity index (χ3n) is 3.92. The third kappa shape index (κ3) is 3.73. The minimum absolute atomic E-state index is 0.147. The molecule has 26 heavy (non-hydrogen) atoms. The molecule has 1 amide bonds. The number of nitriles is 1. The van der Waals surface area contributed by atoms with Crippen LogP contribution in [0.3, 0.4) is 0 Å². The minimum atomic E-state index is -0.638. The van der Waals surface area contributed by atoms with Gasteiger partial charge >= 0.3 is 6.09 Å². The SMILES string of the molecule is CCc1ccccc1-n1ncc(C#N)c1NC(=O)OCc1ccccc1. The van der Waals surface area contributed by atoms with Gasteiger partial charge in [0.05, 0.1) is 11.9 Å². The topological polar surface area (TPSA) is 79.9 Å². The van der Waals surface area contributed by atoms with E-state index in [1.807, 2.05) is 67.6 Å². The quantitative estimate of drug-likeness (QED) is 0.755. The molecule has 0 aliphatic rings. The molecule has 3 aromatic rings. The number of nitrogens with one attached hydrogen (secondary N) is 1. The summed E-state index contributed by atoms with van der Waals surface area (Å²) in [5, 5.41) is 16.2. The van der Waals surface area contributed by atoms with Gasteiger partial charge in [-0.2, -0.15) is 10.4 Å². The number of amides is 1. The minimum Gasteiger partial charge on any atom is -0.444 e. The molecule has 0 atom stereocenters. The van der Waals surface area contributed by atoms with E-state index in [-0.39, 0.29) is 12.2 Å². The highest BCUT2D eigenvalue weighted by Gasteiger charge is 2.17. The van der Waals surface area contributed by atoms with Crippen molar-refractivity contribution < 1.29 is 9.53 Å². The van der Waals surface area contributed by atoms with Crippen LogP contribution in [0.4, 0.5) is 10.6 Å². The number of para-hydroxylation sites is 1. The maximum absolute atomic E-state index is 12.2. The molecule has 1 aromatic heterocycles. The normalized spacial score (nSPS) is 10.2. The Hall–Kier alpha value is -3.59. The fourth-order valence-corrected chi connectivity index (χ4v) is 2.61. The van der Waals surface area contributed by atoms with Gasteiger partial charge in [-0.25, -0.2) is 9.48 Å². The van der Waals surface area contributed by atoms with E-state index in [1.54, 1.807) is 4.68 Å². The lowest BCUT2D eigenvalue weighted by Gasteiger charge is -2.13. The monoisotopic (exact) mass is 346 g/mol. The molecule has 0 saturated heterocycles. The zero-order valence-electron chi connectivity index (χ0n) is 14.3. The van der Waals surface area contributed by atoms with Gasteiger partial charge in [-0.15, -0.1) is 0 Å². The second-order valence-electron chi connectivity index (χ2n) is 5.60. The van der Waals surface area contributed by atoms with Crippen molar-refractivity contribution in [1.82, 2.24) is 9.78 Å². The van der Waals surface area contributed by atoms with E-state index >= 15 is 0 Å². The van der Waals surface area contributed by atoms with Crippen molar-refractivity contribution in [3.8, 4) is 11.8 Å². The molecule has 0 unspecified atom stereocenters. The number of anilines is 1. The summed E-state index contributed by atoms with van der Waals surface area (Å²) in [6.45, 7) is 2.18. The Morgan fingerprint density at radius 1 is 1.19 bits per heavy atom. The molecule has 1 N–H and O–H groups in total. The van der Waals surface area contributed by atoms with Crippen LogP contribution in [-0.2, 0) is 17.8 Å². The predicted molar refractivity (Wildman–Crippen MR) is 97.9 cm³/mol. The van der Waals surface area contributed by atoms with Gasteiger partial charge in [0.2, 0.25) is 0 Å². The maximum Gasteiger partial charge on any atom is 0.413 e. The van der Waals surface area contributed by atoms with Crippen LogP contribution in [0.1, 0.15) is 23.6 Å². The highest BCUT2D eigenvalue weighted by molar-refractivity contribution is 5.85. The first-order valence-corrected chi connectivity index (χ1v) is 8.27. The highest BCUT2D eigenvalue weighted by Crippen LogP contribution is 2.23. The molecule has 6 heteroatoms. The van der Waals surface area contributed by atoms with Crippen LogP contribution in [-0.4, -0.2) is 15.9 Å². The molecule has 3 rings (SSSR count). The maximum atomic E-state index is 12.2. The smallest absolute Gasteiger partial charge is 0.413 e. The van der Waals surface area contributed by atoms with E-state index in [2.05, 4.69) is 10.4 Å². The van der Waals surface area contributed by atoms with E-state index < -0.39 is 6.09 Å². The van der Waals surface area contributed by atoms with Crippen molar-refractivity contribution in [2.24, 2.45) is 0 Å². The van der Waals surface area contributed by atoms with Crippen molar-refractivity contribution >= 4 is 11.9 Å². The van der Waals surface area contributed by atoms with Gasteiger partial charge in [-0.3, -0.25) is 5.32 Å². The molecule has 1 heterocycles. The Balaban J connectivity index is 1.82. The van der Waals surface area contributed by atoms with Crippen LogP contribution in [0.5, 0.6) is 0 Å². The van der Waals surface area contributed by atoms with E-state index in [0.29, 0.717) is 5.82 Å². The summed E-state index contributed by atoms with van der Waals surface area (Å²) in [7, 11) is 0. The van der Waals surface area contributed by atoms with E-state index in [9.17, 15) is 10.1 Å². The number of aromatic nitrogens is 2. The van der Waals surface area contributed by atoms with Crippen LogP contribution in [0.25, 0.3) is 5.69 Å². The van der Waals surface area contributed by atoms with Crippen molar-refractivity contribution in [3.05, 3.63) is 77.5 Å². The Kier molecular flexibility index (Phi) is 5.30. The lowest BCUT2D eigenvalue weighted by molar-refractivity contribution is 0.155. The van der Waals surface area contributed by atoms with Crippen molar-refractivity contribution in [3.63, 3.8) is 0 Å². The average molecular weight is 346 g/mol. The second kappa shape index (κ2) is 7.99. The Morgan fingerprint density at radius 2 is 1.92 bits per heavy atom. The molecule has 0 spiro atoms. The molecule has 0 saturated carbocycles. The first-order valence-electron chi connectivity index (χ1n) is 8.27. The van der Waals surface area contributed by atoms with Crippen molar-refractivity contribution in [1.29, 1.82) is 5.26 Å². The number of rotatable bonds is 5. The van der Waals surface area contributed by atoms with Crippen LogP contribution in [0, 0.1) is 11.3 Å². The molecule has 0 aliphatic carbocycles. The molecule has 0 fully saturated rings. The van der Waals surface area contributed by atoms with Gasteiger partial charge in [0.1, 0.15) is 18.2 Å². The van der Waals surface area contributed by atoms with Gasteiger partial charge < -0.3 is 4.74 Å². The summed E-state index contributed by atoms with van der Waals surface area (Å²) in [5.41, 5.74) is 3.02. The van der Waals surface area contributed by atoms with Gasteiger partial charge in [0, 0.05) is 0 Å². The summed E-state index contributed by atoms with van der Waals surface area (Å²) in [6.07, 6.45) is 1.59. The number of aryl methyl sites for hydroxylation is 1. The number of hydrogen-bond donors (Lipinski definition) is 1. The van der Waals surface area contributed by atoms with Crippen LogP contribution in [0.2, 0.25) is 0 Å². The first-order chi connectivity index (χ1) is 12.7. The second-order valence-corrected chi connectivity index (χ2v) is 5.60. The highest BCUT2D eigenvalue weighted by atomic mass is 16.5. The molecule has 0 radical (unpaired) electrons. The van der Waals surface area contributed by atoms with Gasteiger partial charge in [-0.05, 0) is 23.6 Å². The van der Waals surface area contributed by atoms with E-state index in [0.717, 1.165) is 23.2 Å². The molecule has 0 bridgehead atoms. The lowest BCUT2D eigenvalue weighted by Crippen LogP contribution is -2.17. The lowest BCUT2D eigenvalue weighted by atomic mass is 10.1. The number of hydrogen-bond acceptors (Lipinski definition) is 4. The summed E-state index contributed by atoms with van der Waals surface area (Å²) in [5.74, 6) is 0.298. The molecular weight excluding hydrogens is 328 g/mol. The van der Waals surface area contributed by atoms with Gasteiger partial charge in [-0.1, -0.05) is 55.5 Å². The van der Waals surface area contributed by atoms with E-state index in [1.165, 1.54) is 6.20 Å². The predicted octanol–water partition coefficient (Wildman–Crippen LogP) is 4.06. The molecular formula is C20H18N4O2. The Labute approximate surface area is 151 Å². The summed E-state index contributed by atoms with van der Waals surface area (Å²) >= 11 is 0. The molecule has 130 valence electrons. The summed E-state index contributed by atoms with van der Waals surface area (Å²) < 4.78 is 6.80. The number of ether oxygens (including phenoxy) is 1. The van der Waals surface area contributed by atoms with Crippen molar-refractivity contribution in [2.75, 3.05) is 5.32 Å². The van der Waals surface area contributed by atoms with Crippen LogP contribution >= 0.6 is 0 Å². The average Bonchev–Trinajstić information content (AvgIpc) is 3.09. The van der Waals surface area contributed by atoms with Crippen LogP contribution in [0.15, 0.2) is 60.8 Å². The first kappa shape index (κ1) is 17.2. The molecule has 0 aliphatic heterocycles. The zero-order chi connectivity index (χ0) is 18.4. The number of carbonyl (C=O) groups is 1. The van der Waals surface area contributed by atoms with Gasteiger partial charge in [0.15, 0.2) is 5.82 Å². The number of carbonyl (C=O) groups excluding carboxylic acids is 1. The number of benzene rings is 2. The molecule has 2 aromatic carbocycles. The zero-order valence-corrected chi connectivity index (χ0v) is 14.3. The Bertz CT molecular complexity index is 942. The number of nitrogens with zero attached hydrogens (tertiary/aromatic N) is 3. The molecule has 6 nitrogen and oxygen atoms in total. The van der Waals surface area contributed by atoms with Crippen molar-refractivity contribution in [2.45, 2.75) is 20.0 Å². The summed E-state index contributed by atoms with van der Waals surface area (Å²) in [6, 6.07) is 19.2.